The summed E-state index contributed by atoms with van der Waals surface area (Å²) >= 11 is 2.96. The van der Waals surface area contributed by atoms with Gasteiger partial charge in [0, 0.05) is 0 Å². The molecule has 1 unspecified atom stereocenters. The van der Waals surface area contributed by atoms with E-state index in [2.05, 4.69) is 15.9 Å². The number of nitrogens with zero attached hydrogens (tertiary/aromatic N) is 1. The van der Waals surface area contributed by atoms with E-state index in [1.165, 1.54) is 0 Å². The number of carbonyl (C=O) groups excluding carboxylic acids is 2. The first kappa shape index (κ1) is 8.78. The van der Waals surface area contributed by atoms with Gasteiger partial charge in [-0.1, -0.05) is 15.9 Å². The van der Waals surface area contributed by atoms with E-state index in [9.17, 15) is 9.59 Å². The van der Waals surface area contributed by atoms with Crippen LogP contribution in [-0.4, -0.2) is 34.8 Å². The molecule has 3 nitrogen and oxygen atoms in total. The highest BCUT2D eigenvalue weighted by Gasteiger charge is 2.48. The summed E-state index contributed by atoms with van der Waals surface area (Å²) in [6.45, 7) is 3.24. The number of carbonyl (C=O) groups is 2. The minimum Gasteiger partial charge on any atom is -0.384 e. The molecule has 11 heavy (non-hydrogen) atoms. The van der Waals surface area contributed by atoms with Crippen LogP contribution in [0.5, 0.6) is 0 Å². The van der Waals surface area contributed by atoms with Crippen LogP contribution in [0.15, 0.2) is 0 Å². The van der Waals surface area contributed by atoms with Gasteiger partial charge in [0.2, 0.25) is 13.9 Å². The molecular weight excluding hydrogens is 209 g/mol. The molecule has 1 rings (SSSR count). The molecule has 0 aromatic rings. The second kappa shape index (κ2) is 2.34. The van der Waals surface area contributed by atoms with E-state index < -0.39 is 10.4 Å². The molecule has 0 aromatic heterocycles. The molecule has 0 spiro atoms. The highest BCUT2D eigenvalue weighted by Crippen LogP contribution is 2.27. The van der Waals surface area contributed by atoms with Gasteiger partial charge in [0.05, 0.1) is 5.54 Å². The van der Waals surface area contributed by atoms with Gasteiger partial charge in [-0.25, -0.2) is 0 Å². The lowest BCUT2D eigenvalue weighted by Crippen LogP contribution is -2.42. The maximum Gasteiger partial charge on any atom is 0.231 e. The zero-order valence-electron chi connectivity index (χ0n) is 6.30. The monoisotopic (exact) mass is 215 g/mol. The van der Waals surface area contributed by atoms with Gasteiger partial charge in [0.25, 0.3) is 0 Å². The number of amides is 1. The Hall–Kier alpha value is -0.315. The fourth-order valence-corrected chi connectivity index (χ4v) is 1.72. The summed E-state index contributed by atoms with van der Waals surface area (Å²) in [5, 5.41) is 0. The fourth-order valence-electron chi connectivity index (χ4n) is 0.939. The highest BCUT2D eigenvalue weighted by molar-refractivity contribution is 9.10. The Kier molecular flexibility index (Phi) is 1.86. The van der Waals surface area contributed by atoms with Crippen LogP contribution in [-0.2, 0) is 9.59 Å². The predicted octanol–water partition coefficient (Wildman–Crippen LogP) is 0.0233. The Morgan fingerprint density at radius 1 is 1.55 bits per heavy atom. The Balaban J connectivity index is 3.06. The van der Waals surface area contributed by atoms with Crippen LogP contribution < -0.4 is 0 Å². The van der Waals surface area contributed by atoms with Crippen molar-refractivity contribution < 1.29 is 9.59 Å². The molecule has 58 valence electrons. The third-order valence-electron chi connectivity index (χ3n) is 1.89. The second-order valence-electron chi connectivity index (χ2n) is 2.99. The molecule has 1 fully saturated rings. The van der Waals surface area contributed by atoms with Crippen molar-refractivity contribution in [1.82, 2.24) is 4.81 Å². The molecule has 1 aliphatic rings. The van der Waals surface area contributed by atoms with E-state index >= 15 is 0 Å². The van der Waals surface area contributed by atoms with Crippen molar-refractivity contribution in [3.05, 3.63) is 0 Å². The smallest absolute Gasteiger partial charge is 0.231 e. The molecule has 0 bridgehead atoms. The van der Waals surface area contributed by atoms with Gasteiger partial charge in [-0.3, -0.25) is 9.59 Å². The summed E-state index contributed by atoms with van der Waals surface area (Å²) in [7, 11) is 5.37. The van der Waals surface area contributed by atoms with Crippen LogP contribution in [0.1, 0.15) is 13.8 Å². The molecule has 5 heteroatoms. The standard InChI is InChI=1S/C6H7BBrNO2/c1-6(2)4(10)3(8)5(11)9(6)7/h3H,1-2H3. The van der Waals surface area contributed by atoms with Crippen molar-refractivity contribution in [1.29, 1.82) is 0 Å². The lowest BCUT2D eigenvalue weighted by atomic mass is 9.98. The lowest BCUT2D eigenvalue weighted by Gasteiger charge is -2.25. The third-order valence-corrected chi connectivity index (χ3v) is 2.70. The summed E-state index contributed by atoms with van der Waals surface area (Å²) < 4.78 is 0. The van der Waals surface area contributed by atoms with Gasteiger partial charge in [0.1, 0.15) is 0 Å². The Morgan fingerprint density at radius 2 is 2.00 bits per heavy atom. The van der Waals surface area contributed by atoms with Crippen LogP contribution in [0.25, 0.3) is 0 Å². The molecule has 2 radical (unpaired) electrons. The van der Waals surface area contributed by atoms with Gasteiger partial charge in [-0.05, 0) is 13.8 Å². The first-order valence-electron chi connectivity index (χ1n) is 3.16. The molecule has 0 N–H and O–H groups in total. The number of hydrogen-bond donors (Lipinski definition) is 0. The van der Waals surface area contributed by atoms with E-state index in [0.29, 0.717) is 0 Å². The minimum absolute atomic E-state index is 0.190. The number of hydrogen-bond acceptors (Lipinski definition) is 2. The minimum atomic E-state index is -0.870. The molecule has 1 amide bonds. The summed E-state index contributed by atoms with van der Waals surface area (Å²) in [6, 6.07) is 0. The average molecular weight is 216 g/mol. The Morgan fingerprint density at radius 3 is 2.09 bits per heavy atom. The fraction of sp³-hybridized carbons (Fsp3) is 0.667. The Bertz CT molecular complexity index is 229. The van der Waals surface area contributed by atoms with Crippen molar-refractivity contribution in [3.8, 4) is 0 Å². The first-order valence-corrected chi connectivity index (χ1v) is 4.07. The molecular formula is C6H7BBrNO2. The topological polar surface area (TPSA) is 37.4 Å². The number of halogens is 1. The molecule has 1 aliphatic heterocycles. The Labute approximate surface area is 74.7 Å². The van der Waals surface area contributed by atoms with Crippen LogP contribution in [0.4, 0.5) is 0 Å². The van der Waals surface area contributed by atoms with Gasteiger partial charge < -0.3 is 4.81 Å². The quantitative estimate of drug-likeness (QED) is 0.325. The zero-order valence-corrected chi connectivity index (χ0v) is 7.88. The zero-order chi connectivity index (χ0) is 8.81. The number of rotatable bonds is 0. The van der Waals surface area contributed by atoms with Crippen molar-refractivity contribution in [2.24, 2.45) is 0 Å². The summed E-state index contributed by atoms with van der Waals surface area (Å²) in [5.41, 5.74) is -0.870. The maximum absolute atomic E-state index is 11.3. The molecule has 0 aliphatic carbocycles. The normalized spacial score (nSPS) is 29.7. The van der Waals surface area contributed by atoms with E-state index in [-0.39, 0.29) is 11.7 Å². The molecule has 1 heterocycles. The van der Waals surface area contributed by atoms with E-state index in [1.807, 2.05) is 0 Å². The first-order chi connectivity index (χ1) is 4.89. The predicted molar refractivity (Wildman–Crippen MR) is 44.4 cm³/mol. The largest absolute Gasteiger partial charge is 0.384 e. The van der Waals surface area contributed by atoms with Gasteiger partial charge in [-0.15, -0.1) is 0 Å². The van der Waals surface area contributed by atoms with Crippen LogP contribution >= 0.6 is 15.9 Å². The highest BCUT2D eigenvalue weighted by atomic mass is 79.9. The number of Topliss-reactive ketones (excluding diaryl/α,β-unsaturated/α-hetero) is 1. The van der Waals surface area contributed by atoms with Crippen LogP contribution in [0.3, 0.4) is 0 Å². The average Bonchev–Trinajstić information content (AvgIpc) is 2.06. The van der Waals surface area contributed by atoms with Gasteiger partial charge in [-0.2, -0.15) is 0 Å². The van der Waals surface area contributed by atoms with Crippen LogP contribution in [0, 0.1) is 0 Å². The van der Waals surface area contributed by atoms with Crippen molar-refractivity contribution >= 4 is 35.6 Å². The van der Waals surface area contributed by atoms with Crippen molar-refractivity contribution in [2.75, 3.05) is 0 Å². The molecule has 1 saturated heterocycles. The number of alkyl halides is 1. The SMILES string of the molecule is [B]N1C(=O)C(Br)C(=O)C1(C)C. The molecule has 0 aromatic carbocycles. The maximum atomic E-state index is 11.3. The summed E-state index contributed by atoms with van der Waals surface area (Å²) in [4.78, 5) is 22.5. The number of ketones is 1. The third kappa shape index (κ3) is 1.02. The van der Waals surface area contributed by atoms with Crippen molar-refractivity contribution in [3.63, 3.8) is 0 Å². The lowest BCUT2D eigenvalue weighted by molar-refractivity contribution is -0.125. The van der Waals surface area contributed by atoms with Gasteiger partial charge >= 0.3 is 0 Å². The van der Waals surface area contributed by atoms with E-state index in [4.69, 9.17) is 7.98 Å². The molecule has 0 saturated carbocycles. The second-order valence-corrected chi connectivity index (χ2v) is 3.91. The van der Waals surface area contributed by atoms with E-state index in [0.717, 1.165) is 4.81 Å². The molecule has 1 atom stereocenters. The summed E-state index contributed by atoms with van der Waals surface area (Å²) in [6.07, 6.45) is 0. The van der Waals surface area contributed by atoms with Gasteiger partial charge in [0.15, 0.2) is 10.6 Å². The summed E-state index contributed by atoms with van der Waals surface area (Å²) in [5.74, 6) is -0.565. The van der Waals surface area contributed by atoms with E-state index in [1.54, 1.807) is 13.8 Å². The van der Waals surface area contributed by atoms with Crippen LogP contribution in [0.2, 0.25) is 0 Å². The van der Waals surface area contributed by atoms with Crippen molar-refractivity contribution in [2.45, 2.75) is 24.2 Å².